The molecule has 1 atom stereocenters. The quantitative estimate of drug-likeness (QED) is 0.365. The topological polar surface area (TPSA) is 89.7 Å². The number of nitrogens with zero attached hydrogens (tertiary/aromatic N) is 2. The normalized spacial score (nSPS) is 15.3. The van der Waals surface area contributed by atoms with E-state index in [2.05, 4.69) is 20.9 Å². The van der Waals surface area contributed by atoms with Crippen molar-refractivity contribution in [2.24, 2.45) is 0 Å². The number of hydrogen-bond donors (Lipinski definition) is 0. The van der Waals surface area contributed by atoms with Gasteiger partial charge in [0, 0.05) is 4.47 Å². The molecule has 0 saturated heterocycles. The van der Waals surface area contributed by atoms with E-state index in [1.165, 1.54) is 12.0 Å². The van der Waals surface area contributed by atoms with E-state index in [4.69, 9.17) is 9.15 Å². The number of benzene rings is 2. The number of aryl methyl sites for hydroxylation is 1. The van der Waals surface area contributed by atoms with E-state index >= 15 is 0 Å². The third-order valence-electron chi connectivity index (χ3n) is 5.33. The van der Waals surface area contributed by atoms with Crippen LogP contribution in [0.1, 0.15) is 43.1 Å². The van der Waals surface area contributed by atoms with Gasteiger partial charge in [-0.05, 0) is 36.8 Å². The van der Waals surface area contributed by atoms with Gasteiger partial charge >= 0.3 is 5.97 Å². The van der Waals surface area contributed by atoms with Gasteiger partial charge in [0.05, 0.1) is 29.8 Å². The standard InChI is InChI=1S/C23H15BrN2O5S/c1-11-20(22(29)30-2)32-23(25-11)26-17(12-7-9-13(24)10-8-12)16-18(27)14-5-3-4-6-15(14)31-19(16)21(26)28/h3-10,17H,1-2H3/t17-/m1/s1. The number of thiazole rings is 1. The molecule has 1 aliphatic rings. The molecule has 2 aromatic heterocycles. The number of carbonyl (C=O) groups excluding carboxylic acids is 2. The fourth-order valence-corrected chi connectivity index (χ4v) is 5.12. The Morgan fingerprint density at radius 3 is 2.59 bits per heavy atom. The summed E-state index contributed by atoms with van der Waals surface area (Å²) in [6, 6.07) is 13.4. The summed E-state index contributed by atoms with van der Waals surface area (Å²) in [4.78, 5) is 45.3. The minimum atomic E-state index is -0.748. The molecule has 32 heavy (non-hydrogen) atoms. The number of halogens is 1. The summed E-state index contributed by atoms with van der Waals surface area (Å²) in [6.45, 7) is 1.67. The molecular weight excluding hydrogens is 496 g/mol. The lowest BCUT2D eigenvalue weighted by atomic mass is 9.99. The number of esters is 1. The highest BCUT2D eigenvalue weighted by Crippen LogP contribution is 2.43. The van der Waals surface area contributed by atoms with Crippen molar-refractivity contribution in [1.29, 1.82) is 0 Å². The van der Waals surface area contributed by atoms with Crippen LogP contribution >= 0.6 is 27.3 Å². The second-order valence-electron chi connectivity index (χ2n) is 7.20. The van der Waals surface area contributed by atoms with E-state index in [9.17, 15) is 14.4 Å². The first-order valence-electron chi connectivity index (χ1n) is 9.61. The maximum absolute atomic E-state index is 13.5. The van der Waals surface area contributed by atoms with E-state index in [0.717, 1.165) is 21.4 Å². The number of aromatic nitrogens is 1. The maximum Gasteiger partial charge on any atom is 0.350 e. The molecule has 2 aromatic carbocycles. The van der Waals surface area contributed by atoms with Crippen molar-refractivity contribution in [2.75, 3.05) is 12.0 Å². The summed E-state index contributed by atoms with van der Waals surface area (Å²) in [5, 5.41) is 0.684. The van der Waals surface area contributed by atoms with Gasteiger partial charge in [0.15, 0.2) is 10.6 Å². The van der Waals surface area contributed by atoms with Crippen molar-refractivity contribution in [2.45, 2.75) is 13.0 Å². The molecule has 0 spiro atoms. The van der Waals surface area contributed by atoms with Crippen LogP contribution in [0.25, 0.3) is 11.0 Å². The Morgan fingerprint density at radius 1 is 1.16 bits per heavy atom. The lowest BCUT2D eigenvalue weighted by Crippen LogP contribution is -2.29. The SMILES string of the molecule is COC(=O)c1sc(N2C(=O)c3oc4ccccc4c(=O)c3[C@H]2c2ccc(Br)cc2)nc1C. The van der Waals surface area contributed by atoms with Crippen LogP contribution in [0.2, 0.25) is 0 Å². The van der Waals surface area contributed by atoms with Crippen LogP contribution in [0, 0.1) is 6.92 Å². The Labute approximate surface area is 194 Å². The number of rotatable bonds is 3. The minimum Gasteiger partial charge on any atom is -0.465 e. The Morgan fingerprint density at radius 2 is 1.88 bits per heavy atom. The van der Waals surface area contributed by atoms with Crippen molar-refractivity contribution >= 4 is 55.2 Å². The molecule has 0 N–H and O–H groups in total. The average molecular weight is 511 g/mol. The molecule has 0 radical (unpaired) electrons. The van der Waals surface area contributed by atoms with Crippen LogP contribution in [0.15, 0.2) is 62.2 Å². The summed E-state index contributed by atoms with van der Waals surface area (Å²) in [7, 11) is 1.29. The van der Waals surface area contributed by atoms with E-state index in [0.29, 0.717) is 21.5 Å². The molecular formula is C23H15BrN2O5S. The smallest absolute Gasteiger partial charge is 0.350 e. The van der Waals surface area contributed by atoms with Crippen LogP contribution in [0.4, 0.5) is 5.13 Å². The van der Waals surface area contributed by atoms with Gasteiger partial charge < -0.3 is 9.15 Å². The number of ether oxygens (including phenoxy) is 1. The molecule has 1 aliphatic heterocycles. The molecule has 0 aliphatic carbocycles. The van der Waals surface area contributed by atoms with Gasteiger partial charge in [0.1, 0.15) is 10.5 Å². The summed E-state index contributed by atoms with van der Waals surface area (Å²) in [6.07, 6.45) is 0. The zero-order chi connectivity index (χ0) is 22.6. The van der Waals surface area contributed by atoms with Crippen LogP contribution in [0.5, 0.6) is 0 Å². The molecule has 0 saturated carbocycles. The van der Waals surface area contributed by atoms with Crippen molar-refractivity contribution in [3.05, 3.63) is 90.7 Å². The summed E-state index contributed by atoms with van der Waals surface area (Å²) < 4.78 is 11.6. The van der Waals surface area contributed by atoms with Gasteiger partial charge in [-0.1, -0.05) is 51.5 Å². The monoisotopic (exact) mass is 510 g/mol. The number of hydrogen-bond acceptors (Lipinski definition) is 7. The highest BCUT2D eigenvalue weighted by atomic mass is 79.9. The van der Waals surface area contributed by atoms with Crippen LogP contribution in [0.3, 0.4) is 0 Å². The fourth-order valence-electron chi connectivity index (χ4n) is 3.84. The zero-order valence-corrected chi connectivity index (χ0v) is 19.3. The van der Waals surface area contributed by atoms with E-state index in [1.807, 2.05) is 24.3 Å². The first-order valence-corrected chi connectivity index (χ1v) is 11.2. The first kappa shape index (κ1) is 20.6. The number of fused-ring (bicyclic) bond motifs is 2. The number of amides is 1. The number of anilines is 1. The molecule has 3 heterocycles. The second-order valence-corrected chi connectivity index (χ2v) is 9.10. The third kappa shape index (κ3) is 3.08. The molecule has 160 valence electrons. The highest BCUT2D eigenvalue weighted by molar-refractivity contribution is 9.10. The van der Waals surface area contributed by atoms with E-state index < -0.39 is 17.9 Å². The summed E-state index contributed by atoms with van der Waals surface area (Å²) in [5.41, 5.74) is 1.48. The van der Waals surface area contributed by atoms with Gasteiger partial charge in [0.25, 0.3) is 5.91 Å². The predicted molar refractivity (Wildman–Crippen MR) is 123 cm³/mol. The number of methoxy groups -OCH3 is 1. The van der Waals surface area contributed by atoms with Crippen LogP contribution < -0.4 is 10.3 Å². The Balaban J connectivity index is 1.78. The zero-order valence-electron chi connectivity index (χ0n) is 16.9. The minimum absolute atomic E-state index is 0.0194. The van der Waals surface area contributed by atoms with Crippen molar-refractivity contribution in [1.82, 2.24) is 4.98 Å². The number of carbonyl (C=O) groups is 2. The summed E-state index contributed by atoms with van der Waals surface area (Å²) in [5.74, 6) is -1.04. The second kappa shape index (κ2) is 7.68. The largest absolute Gasteiger partial charge is 0.465 e. The Bertz CT molecular complexity index is 1460. The van der Waals surface area contributed by atoms with Gasteiger partial charge in [-0.2, -0.15) is 0 Å². The van der Waals surface area contributed by atoms with Gasteiger partial charge in [-0.15, -0.1) is 0 Å². The van der Waals surface area contributed by atoms with Crippen LogP contribution in [-0.2, 0) is 4.74 Å². The summed E-state index contributed by atoms with van der Waals surface area (Å²) >= 11 is 4.46. The molecule has 5 rings (SSSR count). The molecule has 0 fully saturated rings. The Kier molecular flexibility index (Phi) is 4.94. The Hall–Kier alpha value is -3.30. The van der Waals surface area contributed by atoms with Crippen molar-refractivity contribution in [3.63, 3.8) is 0 Å². The molecule has 1 amide bonds. The van der Waals surface area contributed by atoms with Gasteiger partial charge in [0.2, 0.25) is 5.76 Å². The molecule has 0 bridgehead atoms. The average Bonchev–Trinajstić information content (AvgIpc) is 3.31. The predicted octanol–water partition coefficient (Wildman–Crippen LogP) is 4.86. The van der Waals surface area contributed by atoms with E-state index in [1.54, 1.807) is 31.2 Å². The maximum atomic E-state index is 13.5. The van der Waals surface area contributed by atoms with E-state index in [-0.39, 0.29) is 21.9 Å². The lowest BCUT2D eigenvalue weighted by Gasteiger charge is -2.22. The van der Waals surface area contributed by atoms with Gasteiger partial charge in [-0.25, -0.2) is 9.78 Å². The molecule has 4 aromatic rings. The first-order chi connectivity index (χ1) is 15.4. The van der Waals surface area contributed by atoms with Crippen LogP contribution in [-0.4, -0.2) is 24.0 Å². The third-order valence-corrected chi connectivity index (χ3v) is 6.99. The van der Waals surface area contributed by atoms with Gasteiger partial charge in [-0.3, -0.25) is 14.5 Å². The van der Waals surface area contributed by atoms with Crippen molar-refractivity contribution < 1.29 is 18.7 Å². The van der Waals surface area contributed by atoms with Crippen molar-refractivity contribution in [3.8, 4) is 0 Å². The highest BCUT2D eigenvalue weighted by Gasteiger charge is 2.45. The number of para-hydroxylation sites is 1. The molecule has 7 nitrogen and oxygen atoms in total. The molecule has 0 unspecified atom stereocenters. The fraction of sp³-hybridized carbons (Fsp3) is 0.130. The molecule has 9 heteroatoms. The lowest BCUT2D eigenvalue weighted by molar-refractivity contribution is 0.0605.